The second-order valence-corrected chi connectivity index (χ2v) is 3.94. The number of aliphatic carboxylic acids is 1. The molecule has 1 atom stereocenters. The number of hydrogen-bond donors (Lipinski definition) is 3. The van der Waals surface area contributed by atoms with E-state index in [4.69, 9.17) is 10.8 Å². The number of hydrogen-bond acceptors (Lipinski definition) is 6. The molecule has 92 valence electrons. The summed E-state index contributed by atoms with van der Waals surface area (Å²) in [5.74, 6) is -2.43. The van der Waals surface area contributed by atoms with Crippen LogP contribution in [0.15, 0.2) is 6.20 Å². The van der Waals surface area contributed by atoms with Gasteiger partial charge in [0.25, 0.3) is 5.91 Å². The van der Waals surface area contributed by atoms with E-state index in [1.807, 2.05) is 0 Å². The van der Waals surface area contributed by atoms with E-state index in [9.17, 15) is 14.4 Å². The van der Waals surface area contributed by atoms with Crippen molar-refractivity contribution in [3.8, 4) is 0 Å². The first-order valence-electron chi connectivity index (χ1n) is 4.60. The summed E-state index contributed by atoms with van der Waals surface area (Å²) in [5, 5.41) is 14.6. The molecule has 8 nitrogen and oxygen atoms in total. The van der Waals surface area contributed by atoms with E-state index in [1.165, 1.54) is 6.20 Å². The van der Waals surface area contributed by atoms with E-state index >= 15 is 0 Å². The van der Waals surface area contributed by atoms with Crippen molar-refractivity contribution in [3.05, 3.63) is 11.1 Å². The molecule has 0 bridgehead atoms. The maximum Gasteiger partial charge on any atom is 0.326 e. The van der Waals surface area contributed by atoms with E-state index in [1.54, 1.807) is 0 Å². The van der Waals surface area contributed by atoms with Crippen molar-refractivity contribution in [2.45, 2.75) is 18.9 Å². The molecular weight excluding hydrogens is 248 g/mol. The van der Waals surface area contributed by atoms with Crippen molar-refractivity contribution in [1.29, 1.82) is 0 Å². The molecule has 0 aliphatic heterocycles. The maximum atomic E-state index is 11.5. The van der Waals surface area contributed by atoms with Gasteiger partial charge in [-0.3, -0.25) is 9.59 Å². The van der Waals surface area contributed by atoms with Crippen LogP contribution >= 0.6 is 11.5 Å². The van der Waals surface area contributed by atoms with E-state index in [-0.39, 0.29) is 17.7 Å². The summed E-state index contributed by atoms with van der Waals surface area (Å²) in [6.07, 6.45) is 1.06. The molecule has 17 heavy (non-hydrogen) atoms. The zero-order valence-corrected chi connectivity index (χ0v) is 9.44. The highest BCUT2D eigenvalue weighted by Gasteiger charge is 2.21. The minimum Gasteiger partial charge on any atom is -0.480 e. The average Bonchev–Trinajstić information content (AvgIpc) is 2.76. The van der Waals surface area contributed by atoms with Crippen LogP contribution < -0.4 is 11.1 Å². The van der Waals surface area contributed by atoms with Crippen LogP contribution in [0.3, 0.4) is 0 Å². The molecule has 0 fully saturated rings. The number of amides is 2. The lowest BCUT2D eigenvalue weighted by molar-refractivity contribution is -0.139. The molecule has 1 heterocycles. The first kappa shape index (κ1) is 13.0. The monoisotopic (exact) mass is 258 g/mol. The highest BCUT2D eigenvalue weighted by Crippen LogP contribution is 2.04. The van der Waals surface area contributed by atoms with Gasteiger partial charge < -0.3 is 16.2 Å². The van der Waals surface area contributed by atoms with Crippen molar-refractivity contribution in [2.24, 2.45) is 5.73 Å². The number of carboxylic acid groups (broad SMARTS) is 1. The second-order valence-electron chi connectivity index (χ2n) is 3.15. The normalized spacial score (nSPS) is 11.8. The fraction of sp³-hybridized carbons (Fsp3) is 0.375. The Kier molecular flexibility index (Phi) is 4.52. The van der Waals surface area contributed by atoms with Crippen LogP contribution in [0.25, 0.3) is 0 Å². The van der Waals surface area contributed by atoms with E-state index in [0.29, 0.717) is 0 Å². The highest BCUT2D eigenvalue weighted by atomic mass is 32.1. The zero-order valence-electron chi connectivity index (χ0n) is 8.62. The predicted molar refractivity (Wildman–Crippen MR) is 57.2 cm³/mol. The number of nitrogens with two attached hydrogens (primary N) is 1. The van der Waals surface area contributed by atoms with Gasteiger partial charge in [0.05, 0.1) is 6.20 Å². The number of primary amides is 1. The lowest BCUT2D eigenvalue weighted by atomic mass is 10.1. The molecule has 1 aromatic heterocycles. The Bertz CT molecular complexity index is 419. The van der Waals surface area contributed by atoms with Crippen molar-refractivity contribution < 1.29 is 19.5 Å². The van der Waals surface area contributed by atoms with Gasteiger partial charge in [0.1, 0.15) is 10.9 Å². The van der Waals surface area contributed by atoms with Crippen molar-refractivity contribution in [3.63, 3.8) is 0 Å². The van der Waals surface area contributed by atoms with Crippen molar-refractivity contribution in [2.75, 3.05) is 0 Å². The van der Waals surface area contributed by atoms with Crippen molar-refractivity contribution in [1.82, 2.24) is 14.9 Å². The molecule has 1 rings (SSSR count). The standard InChI is InChI=1S/C8H10N4O4S/c9-6(13)2-1-4(8(15)16)11-7(14)5-3-10-12-17-5/h3-4H,1-2H2,(H2,9,13)(H,11,14)(H,15,16)/t4-/m1/s1. The minimum atomic E-state index is -1.22. The van der Waals surface area contributed by atoms with Crippen LogP contribution in [0, 0.1) is 0 Å². The number of nitrogens with one attached hydrogen (secondary N) is 1. The van der Waals surface area contributed by atoms with Gasteiger partial charge in [-0.05, 0) is 18.0 Å². The van der Waals surface area contributed by atoms with Crippen LogP contribution in [0.2, 0.25) is 0 Å². The van der Waals surface area contributed by atoms with Gasteiger partial charge in [0.2, 0.25) is 5.91 Å². The largest absolute Gasteiger partial charge is 0.480 e. The molecule has 9 heteroatoms. The van der Waals surface area contributed by atoms with Crippen molar-refractivity contribution >= 4 is 29.3 Å². The molecule has 0 saturated carbocycles. The molecule has 0 saturated heterocycles. The Morgan fingerprint density at radius 2 is 2.24 bits per heavy atom. The molecule has 2 amide bonds. The fourth-order valence-electron chi connectivity index (χ4n) is 1.04. The topological polar surface area (TPSA) is 135 Å². The van der Waals surface area contributed by atoms with Gasteiger partial charge in [0.15, 0.2) is 0 Å². The first-order chi connectivity index (χ1) is 8.00. The lowest BCUT2D eigenvalue weighted by Gasteiger charge is -2.12. The molecule has 0 radical (unpaired) electrons. The van der Waals surface area contributed by atoms with Gasteiger partial charge >= 0.3 is 5.97 Å². The van der Waals surface area contributed by atoms with Crippen LogP contribution in [-0.4, -0.2) is 38.5 Å². The number of carbonyl (C=O) groups is 3. The molecule has 0 aliphatic carbocycles. The summed E-state index contributed by atoms with van der Waals surface area (Å²) in [4.78, 5) is 33.1. The third-order valence-electron chi connectivity index (χ3n) is 1.87. The Balaban J connectivity index is 2.58. The van der Waals surface area contributed by atoms with Crippen LogP contribution in [0.1, 0.15) is 22.5 Å². The van der Waals surface area contributed by atoms with Gasteiger partial charge in [-0.25, -0.2) is 4.79 Å². The smallest absolute Gasteiger partial charge is 0.326 e. The summed E-state index contributed by atoms with van der Waals surface area (Å²) in [5.41, 5.74) is 4.90. The Labute approximate surface area is 100.0 Å². The molecule has 1 aromatic rings. The number of nitrogens with zero attached hydrogens (tertiary/aromatic N) is 2. The van der Waals surface area contributed by atoms with Crippen LogP contribution in [0.4, 0.5) is 0 Å². The zero-order chi connectivity index (χ0) is 12.8. The molecule has 0 spiro atoms. The Morgan fingerprint density at radius 3 is 2.71 bits per heavy atom. The van der Waals surface area contributed by atoms with E-state index in [2.05, 4.69) is 14.9 Å². The summed E-state index contributed by atoms with van der Waals surface area (Å²) in [7, 11) is 0. The van der Waals surface area contributed by atoms with Crippen LogP contribution in [0.5, 0.6) is 0 Å². The number of aromatic nitrogens is 2. The second kappa shape index (κ2) is 5.89. The van der Waals surface area contributed by atoms with E-state index < -0.39 is 23.8 Å². The summed E-state index contributed by atoms with van der Waals surface area (Å²) < 4.78 is 3.48. The quantitative estimate of drug-likeness (QED) is 0.598. The van der Waals surface area contributed by atoms with E-state index in [0.717, 1.165) is 11.5 Å². The molecule has 0 aliphatic rings. The van der Waals surface area contributed by atoms with Gasteiger partial charge in [-0.1, -0.05) is 4.49 Å². The molecular formula is C8H10N4O4S. The highest BCUT2D eigenvalue weighted by molar-refractivity contribution is 7.07. The molecule has 0 aromatic carbocycles. The average molecular weight is 258 g/mol. The summed E-state index contributed by atoms with van der Waals surface area (Å²) >= 11 is 0.851. The van der Waals surface area contributed by atoms with Gasteiger partial charge in [-0.2, -0.15) is 0 Å². The lowest BCUT2D eigenvalue weighted by Crippen LogP contribution is -2.41. The SMILES string of the molecule is NC(=O)CC[C@@H](NC(=O)c1cnns1)C(=O)O. The third kappa shape index (κ3) is 4.15. The maximum absolute atomic E-state index is 11.5. The fourth-order valence-corrected chi connectivity index (χ4v) is 1.46. The van der Waals surface area contributed by atoms with Gasteiger partial charge in [0, 0.05) is 6.42 Å². The molecule has 0 unspecified atom stereocenters. The molecule has 4 N–H and O–H groups in total. The van der Waals surface area contributed by atoms with Crippen LogP contribution in [-0.2, 0) is 9.59 Å². The Morgan fingerprint density at radius 1 is 1.53 bits per heavy atom. The van der Waals surface area contributed by atoms with Gasteiger partial charge in [-0.15, -0.1) is 5.10 Å². The summed E-state index contributed by atoms with van der Waals surface area (Å²) in [6, 6.07) is -1.16. The predicted octanol–water partition coefficient (Wildman–Crippen LogP) is -1.01. The number of carbonyl (C=O) groups excluding carboxylic acids is 2. The first-order valence-corrected chi connectivity index (χ1v) is 5.37. The Hall–Kier alpha value is -2.03. The third-order valence-corrected chi connectivity index (χ3v) is 2.53. The summed E-state index contributed by atoms with van der Waals surface area (Å²) in [6.45, 7) is 0. The number of rotatable bonds is 6. The minimum absolute atomic E-state index is 0.0529. The number of carboxylic acids is 1.